The molecule has 1 N–H and O–H groups in total. The van der Waals surface area contributed by atoms with Crippen LogP contribution in [0.15, 0.2) is 36.5 Å². The van der Waals surface area contributed by atoms with E-state index in [1.165, 1.54) is 0 Å². The van der Waals surface area contributed by atoms with Gasteiger partial charge in [0.05, 0.1) is 11.9 Å². The number of para-hydroxylation sites is 1. The van der Waals surface area contributed by atoms with Crippen LogP contribution in [-0.2, 0) is 6.54 Å². The molecule has 0 saturated heterocycles. The van der Waals surface area contributed by atoms with Gasteiger partial charge in [0.1, 0.15) is 5.15 Å². The molecule has 1 aliphatic rings. The van der Waals surface area contributed by atoms with E-state index in [4.69, 9.17) is 21.1 Å². The fourth-order valence-electron chi connectivity index (χ4n) is 1.81. The summed E-state index contributed by atoms with van der Waals surface area (Å²) < 4.78 is 10.8. The van der Waals surface area contributed by atoms with Gasteiger partial charge >= 0.3 is 0 Å². The summed E-state index contributed by atoms with van der Waals surface area (Å²) in [6, 6.07) is 9.49. The lowest BCUT2D eigenvalue weighted by atomic mass is 10.2. The summed E-state index contributed by atoms with van der Waals surface area (Å²) in [6.45, 7) is 0.935. The second kappa shape index (κ2) is 4.74. The van der Waals surface area contributed by atoms with E-state index >= 15 is 0 Å². The van der Waals surface area contributed by atoms with Gasteiger partial charge in [-0.2, -0.15) is 0 Å². The number of nitrogens with one attached hydrogen (secondary N) is 1. The van der Waals surface area contributed by atoms with Crippen molar-refractivity contribution in [3.8, 4) is 11.5 Å². The highest BCUT2D eigenvalue weighted by Crippen LogP contribution is 2.35. The molecule has 0 atom stereocenters. The van der Waals surface area contributed by atoms with Crippen LogP contribution < -0.4 is 14.8 Å². The first-order valence-corrected chi connectivity index (χ1v) is 5.93. The number of hydrogen-bond donors (Lipinski definition) is 1. The third-order valence-electron chi connectivity index (χ3n) is 2.69. The number of halogens is 1. The van der Waals surface area contributed by atoms with Crippen LogP contribution in [0.4, 0.5) is 5.69 Å². The summed E-state index contributed by atoms with van der Waals surface area (Å²) >= 11 is 5.73. The molecule has 5 heteroatoms. The fourth-order valence-corrected chi connectivity index (χ4v) is 1.92. The van der Waals surface area contributed by atoms with Crippen LogP contribution in [0.25, 0.3) is 0 Å². The van der Waals surface area contributed by atoms with E-state index in [9.17, 15) is 0 Å². The second-order valence-corrected chi connectivity index (χ2v) is 4.26. The quantitative estimate of drug-likeness (QED) is 0.864. The number of pyridine rings is 1. The van der Waals surface area contributed by atoms with E-state index < -0.39 is 0 Å². The third kappa shape index (κ3) is 2.19. The van der Waals surface area contributed by atoms with E-state index in [-0.39, 0.29) is 6.79 Å². The number of hydrogen-bond acceptors (Lipinski definition) is 4. The smallest absolute Gasteiger partial charge is 0.231 e. The van der Waals surface area contributed by atoms with E-state index in [1.54, 1.807) is 12.3 Å². The van der Waals surface area contributed by atoms with Crippen molar-refractivity contribution in [3.05, 3.63) is 47.2 Å². The predicted octanol–water partition coefficient (Wildman–Crippen LogP) is 3.08. The maximum atomic E-state index is 5.73. The van der Waals surface area contributed by atoms with Crippen LogP contribution in [0, 0.1) is 0 Å². The zero-order chi connectivity index (χ0) is 12.4. The minimum absolute atomic E-state index is 0.287. The van der Waals surface area contributed by atoms with Crippen LogP contribution >= 0.6 is 11.6 Å². The summed E-state index contributed by atoms with van der Waals surface area (Å²) in [7, 11) is 0. The zero-order valence-electron chi connectivity index (χ0n) is 9.52. The van der Waals surface area contributed by atoms with Crippen molar-refractivity contribution in [2.75, 3.05) is 12.1 Å². The van der Waals surface area contributed by atoms with E-state index in [0.717, 1.165) is 22.7 Å². The Labute approximate surface area is 110 Å². The first-order chi connectivity index (χ1) is 8.83. The number of benzene rings is 1. The van der Waals surface area contributed by atoms with E-state index in [1.807, 2.05) is 24.3 Å². The normalized spacial score (nSPS) is 12.5. The lowest BCUT2D eigenvalue weighted by molar-refractivity contribution is 0.173. The Balaban J connectivity index is 1.74. The molecular formula is C13H11ClN2O2. The van der Waals surface area contributed by atoms with Crippen molar-refractivity contribution in [2.45, 2.75) is 6.54 Å². The molecule has 0 unspecified atom stereocenters. The molecule has 0 bridgehead atoms. The highest BCUT2D eigenvalue weighted by atomic mass is 35.5. The Kier molecular flexibility index (Phi) is 2.94. The van der Waals surface area contributed by atoms with E-state index in [2.05, 4.69) is 10.3 Å². The van der Waals surface area contributed by atoms with Crippen molar-refractivity contribution in [3.63, 3.8) is 0 Å². The second-order valence-electron chi connectivity index (χ2n) is 3.87. The zero-order valence-corrected chi connectivity index (χ0v) is 10.3. The Hall–Kier alpha value is -1.94. The van der Waals surface area contributed by atoms with Crippen LogP contribution in [0.3, 0.4) is 0 Å². The van der Waals surface area contributed by atoms with Crippen molar-refractivity contribution in [1.82, 2.24) is 4.98 Å². The minimum atomic E-state index is 0.287. The number of nitrogens with zero attached hydrogens (tertiary/aromatic N) is 1. The highest BCUT2D eigenvalue weighted by molar-refractivity contribution is 6.29. The Morgan fingerprint density at radius 3 is 3.00 bits per heavy atom. The standard InChI is InChI=1S/C13H11ClN2O2/c14-12-5-4-10(7-16-12)15-6-9-2-1-3-11-13(9)18-8-17-11/h1-5,7,15H,6,8H2. The molecule has 1 aromatic carbocycles. The minimum Gasteiger partial charge on any atom is -0.454 e. The summed E-state index contributed by atoms with van der Waals surface area (Å²) in [4.78, 5) is 4.01. The van der Waals surface area contributed by atoms with E-state index in [0.29, 0.717) is 11.7 Å². The Bertz CT molecular complexity index is 557. The van der Waals surface area contributed by atoms with Gasteiger partial charge in [-0.15, -0.1) is 0 Å². The molecule has 3 rings (SSSR count). The van der Waals surface area contributed by atoms with Gasteiger partial charge in [0.2, 0.25) is 6.79 Å². The number of anilines is 1. The molecule has 92 valence electrons. The third-order valence-corrected chi connectivity index (χ3v) is 2.91. The Morgan fingerprint density at radius 2 is 2.17 bits per heavy atom. The lowest BCUT2D eigenvalue weighted by Crippen LogP contribution is -2.01. The summed E-state index contributed by atoms with van der Waals surface area (Å²) in [5.41, 5.74) is 1.97. The number of ether oxygens (including phenoxy) is 2. The molecule has 2 aromatic rings. The molecule has 1 aliphatic heterocycles. The molecule has 18 heavy (non-hydrogen) atoms. The first-order valence-electron chi connectivity index (χ1n) is 5.56. The van der Waals surface area contributed by atoms with Crippen molar-refractivity contribution in [2.24, 2.45) is 0 Å². The van der Waals surface area contributed by atoms with Crippen molar-refractivity contribution in [1.29, 1.82) is 0 Å². The SMILES string of the molecule is Clc1ccc(NCc2cccc3c2OCO3)cn1. The molecule has 0 aliphatic carbocycles. The van der Waals surface area contributed by atoms with Crippen LogP contribution in [-0.4, -0.2) is 11.8 Å². The molecule has 1 aromatic heterocycles. The van der Waals surface area contributed by atoms with Gasteiger partial charge in [0, 0.05) is 12.1 Å². The largest absolute Gasteiger partial charge is 0.454 e. The van der Waals surface area contributed by atoms with Gasteiger partial charge < -0.3 is 14.8 Å². The van der Waals surface area contributed by atoms with Gasteiger partial charge in [0.15, 0.2) is 11.5 Å². The number of aromatic nitrogens is 1. The summed E-state index contributed by atoms with van der Waals surface area (Å²) in [6.07, 6.45) is 1.70. The van der Waals surface area contributed by atoms with Crippen LogP contribution in [0.5, 0.6) is 11.5 Å². The first kappa shape index (κ1) is 11.2. The fraction of sp³-hybridized carbons (Fsp3) is 0.154. The van der Waals surface area contributed by atoms with Gasteiger partial charge in [-0.1, -0.05) is 23.7 Å². The van der Waals surface area contributed by atoms with Gasteiger partial charge in [-0.05, 0) is 18.2 Å². The molecule has 0 saturated carbocycles. The van der Waals surface area contributed by atoms with Gasteiger partial charge in [-0.25, -0.2) is 4.98 Å². The molecule has 0 spiro atoms. The molecular weight excluding hydrogens is 252 g/mol. The van der Waals surface area contributed by atoms with Gasteiger partial charge in [0.25, 0.3) is 0 Å². The molecule has 0 fully saturated rings. The van der Waals surface area contributed by atoms with Crippen LogP contribution in [0.2, 0.25) is 5.15 Å². The summed E-state index contributed by atoms with van der Waals surface area (Å²) in [5.74, 6) is 1.61. The topological polar surface area (TPSA) is 43.4 Å². The maximum Gasteiger partial charge on any atom is 0.231 e. The molecule has 2 heterocycles. The lowest BCUT2D eigenvalue weighted by Gasteiger charge is -2.08. The van der Waals surface area contributed by atoms with Crippen molar-refractivity contribution < 1.29 is 9.47 Å². The molecule has 0 radical (unpaired) electrons. The maximum absolute atomic E-state index is 5.73. The molecule has 0 amide bonds. The monoisotopic (exact) mass is 262 g/mol. The van der Waals surface area contributed by atoms with Gasteiger partial charge in [-0.3, -0.25) is 0 Å². The average molecular weight is 263 g/mol. The molecule has 4 nitrogen and oxygen atoms in total. The highest BCUT2D eigenvalue weighted by Gasteiger charge is 2.16. The Morgan fingerprint density at radius 1 is 1.22 bits per heavy atom. The van der Waals surface area contributed by atoms with Crippen molar-refractivity contribution >= 4 is 17.3 Å². The number of rotatable bonds is 3. The summed E-state index contributed by atoms with van der Waals surface area (Å²) in [5, 5.41) is 3.75. The van der Waals surface area contributed by atoms with Crippen LogP contribution in [0.1, 0.15) is 5.56 Å². The predicted molar refractivity (Wildman–Crippen MR) is 69.1 cm³/mol. The number of fused-ring (bicyclic) bond motifs is 1. The average Bonchev–Trinajstić information content (AvgIpc) is 2.87.